The molecule has 1 aliphatic heterocycles. The smallest absolute Gasteiger partial charge is 0.547 e. The summed E-state index contributed by atoms with van der Waals surface area (Å²) in [6.07, 6.45) is 0. The molecular formula is C5H8NNaO2S. The largest absolute Gasteiger partial charge is 1.00 e. The second kappa shape index (κ2) is 3.97. The summed E-state index contributed by atoms with van der Waals surface area (Å²) in [6, 6.07) is 0. The fourth-order valence-electron chi connectivity index (χ4n) is 0.727. The Labute approximate surface area is 86.2 Å². The van der Waals surface area contributed by atoms with Crippen LogP contribution in [0.1, 0.15) is 6.92 Å². The van der Waals surface area contributed by atoms with E-state index >= 15 is 0 Å². The van der Waals surface area contributed by atoms with Crippen molar-refractivity contribution in [3.05, 3.63) is 0 Å². The van der Waals surface area contributed by atoms with E-state index in [4.69, 9.17) is 0 Å². The van der Waals surface area contributed by atoms with Gasteiger partial charge in [-0.2, -0.15) is 0 Å². The van der Waals surface area contributed by atoms with Crippen LogP contribution in [0.15, 0.2) is 0 Å². The van der Waals surface area contributed by atoms with E-state index < -0.39 is 10.8 Å². The zero-order valence-corrected chi connectivity index (χ0v) is 8.96. The predicted octanol–water partition coefficient (Wildman–Crippen LogP) is -4.21. The van der Waals surface area contributed by atoms with E-state index in [9.17, 15) is 9.90 Å². The van der Waals surface area contributed by atoms with Crippen LogP contribution < -0.4 is 40.0 Å². The van der Waals surface area contributed by atoms with Gasteiger partial charge in [0.1, 0.15) is 4.87 Å². The molecule has 1 N–H and O–H groups in total. The summed E-state index contributed by atoms with van der Waals surface area (Å²) in [7, 11) is 0. The first-order chi connectivity index (χ1) is 4.15. The van der Waals surface area contributed by atoms with E-state index in [0.717, 1.165) is 12.3 Å². The topological polar surface area (TPSA) is 52.2 Å². The number of rotatable bonds is 1. The van der Waals surface area contributed by atoms with Crippen LogP contribution in [0.3, 0.4) is 0 Å². The van der Waals surface area contributed by atoms with E-state index in [1.807, 2.05) is 0 Å². The minimum Gasteiger partial charge on any atom is -0.547 e. The molecule has 1 aliphatic rings. The van der Waals surface area contributed by atoms with Crippen LogP contribution in [0.25, 0.3) is 0 Å². The van der Waals surface area contributed by atoms with Gasteiger partial charge in [-0.15, -0.1) is 11.8 Å². The molecule has 1 atom stereocenters. The van der Waals surface area contributed by atoms with Crippen LogP contribution >= 0.6 is 11.8 Å². The summed E-state index contributed by atoms with van der Waals surface area (Å²) >= 11 is 1.38. The van der Waals surface area contributed by atoms with E-state index in [1.54, 1.807) is 6.92 Å². The van der Waals surface area contributed by atoms with Crippen LogP contribution in [0.4, 0.5) is 0 Å². The minimum absolute atomic E-state index is 0. The molecule has 1 rings (SSSR count). The van der Waals surface area contributed by atoms with Gasteiger partial charge in [0, 0.05) is 12.3 Å². The Hall–Kier alpha value is 0.780. The van der Waals surface area contributed by atoms with Gasteiger partial charge in [-0.05, 0) is 6.92 Å². The Bertz CT molecular complexity index is 136. The number of carbonyl (C=O) groups excluding carboxylic acids is 1. The molecule has 3 nitrogen and oxygen atoms in total. The molecule has 0 amide bonds. The molecule has 1 heterocycles. The maximum Gasteiger partial charge on any atom is 1.00 e. The van der Waals surface area contributed by atoms with Gasteiger partial charge in [-0.25, -0.2) is 0 Å². The molecule has 0 saturated carbocycles. The maximum absolute atomic E-state index is 10.3. The zero-order valence-electron chi connectivity index (χ0n) is 6.14. The quantitative estimate of drug-likeness (QED) is 0.404. The van der Waals surface area contributed by atoms with Crippen molar-refractivity contribution < 1.29 is 39.5 Å². The summed E-state index contributed by atoms with van der Waals surface area (Å²) in [5.41, 5.74) is 0. The Morgan fingerprint density at radius 3 is 2.60 bits per heavy atom. The molecule has 0 spiro atoms. The number of thioether (sulfide) groups is 1. The summed E-state index contributed by atoms with van der Waals surface area (Å²) in [6.45, 7) is 2.38. The van der Waals surface area contributed by atoms with E-state index in [-0.39, 0.29) is 29.6 Å². The molecule has 1 saturated heterocycles. The van der Waals surface area contributed by atoms with Crippen LogP contribution in [0, 0.1) is 0 Å². The van der Waals surface area contributed by atoms with Gasteiger partial charge in [0.15, 0.2) is 0 Å². The van der Waals surface area contributed by atoms with Gasteiger partial charge in [-0.1, -0.05) is 0 Å². The first-order valence-corrected chi connectivity index (χ1v) is 3.74. The van der Waals surface area contributed by atoms with Crippen molar-refractivity contribution in [3.63, 3.8) is 0 Å². The summed E-state index contributed by atoms with van der Waals surface area (Å²) < 4.78 is 0. The summed E-state index contributed by atoms with van der Waals surface area (Å²) in [5.74, 6) is -0.171. The second-order valence-electron chi connectivity index (χ2n) is 2.10. The third-order valence-corrected chi connectivity index (χ3v) is 2.64. The van der Waals surface area contributed by atoms with Crippen molar-refractivity contribution in [1.29, 1.82) is 0 Å². The van der Waals surface area contributed by atoms with Crippen molar-refractivity contribution in [2.45, 2.75) is 11.8 Å². The Morgan fingerprint density at radius 2 is 2.40 bits per heavy atom. The van der Waals surface area contributed by atoms with Crippen molar-refractivity contribution in [2.24, 2.45) is 0 Å². The molecule has 1 fully saturated rings. The van der Waals surface area contributed by atoms with Crippen molar-refractivity contribution >= 4 is 17.7 Å². The molecule has 5 heteroatoms. The average Bonchev–Trinajstić information content (AvgIpc) is 2.16. The van der Waals surface area contributed by atoms with Crippen LogP contribution in [0.2, 0.25) is 0 Å². The number of aliphatic carboxylic acids is 1. The van der Waals surface area contributed by atoms with Crippen molar-refractivity contribution in [2.75, 3.05) is 12.3 Å². The number of nitrogens with one attached hydrogen (secondary N) is 1. The van der Waals surface area contributed by atoms with Gasteiger partial charge < -0.3 is 9.90 Å². The maximum atomic E-state index is 10.3. The number of carboxylic acids is 1. The molecule has 1 unspecified atom stereocenters. The van der Waals surface area contributed by atoms with Crippen LogP contribution in [-0.4, -0.2) is 23.1 Å². The van der Waals surface area contributed by atoms with Crippen LogP contribution in [-0.2, 0) is 4.79 Å². The fraction of sp³-hybridized carbons (Fsp3) is 0.800. The normalized spacial score (nSPS) is 31.3. The SMILES string of the molecule is CC1(C(=O)[O-])NCCS1.[Na+]. The van der Waals surface area contributed by atoms with E-state index in [1.165, 1.54) is 11.8 Å². The molecule has 0 bridgehead atoms. The van der Waals surface area contributed by atoms with Crippen LogP contribution in [0.5, 0.6) is 0 Å². The Morgan fingerprint density at radius 1 is 1.80 bits per heavy atom. The third kappa shape index (κ3) is 2.13. The minimum atomic E-state index is -1.02. The molecule has 0 aromatic rings. The average molecular weight is 169 g/mol. The zero-order chi connectivity index (χ0) is 6.91. The molecule has 0 aromatic carbocycles. The standard InChI is InChI=1S/C5H9NO2S.Na/c1-5(4(7)8)6-2-3-9-5;/h6H,2-3H2,1H3,(H,7,8);/q;+1/p-1. The number of carboxylic acid groups (broad SMARTS) is 1. The first-order valence-electron chi connectivity index (χ1n) is 2.75. The second-order valence-corrected chi connectivity index (χ2v) is 3.61. The third-order valence-electron chi connectivity index (χ3n) is 1.34. The Kier molecular flexibility index (Phi) is 4.28. The van der Waals surface area contributed by atoms with E-state index in [2.05, 4.69) is 5.32 Å². The molecule has 52 valence electrons. The molecule has 10 heavy (non-hydrogen) atoms. The van der Waals surface area contributed by atoms with Gasteiger partial charge in [0.05, 0.1) is 5.97 Å². The summed E-state index contributed by atoms with van der Waals surface area (Å²) in [5, 5.41) is 13.2. The monoisotopic (exact) mass is 169 g/mol. The Balaban J connectivity index is 0.000000810. The van der Waals surface area contributed by atoms with Gasteiger partial charge in [-0.3, -0.25) is 5.32 Å². The molecular weight excluding hydrogens is 161 g/mol. The first kappa shape index (κ1) is 10.8. The van der Waals surface area contributed by atoms with Gasteiger partial charge in [0.25, 0.3) is 0 Å². The molecule has 0 aliphatic carbocycles. The number of hydrogen-bond acceptors (Lipinski definition) is 4. The molecule has 0 radical (unpaired) electrons. The van der Waals surface area contributed by atoms with Crippen molar-refractivity contribution in [1.82, 2.24) is 5.32 Å². The predicted molar refractivity (Wildman–Crippen MR) is 33.9 cm³/mol. The fourth-order valence-corrected chi connectivity index (χ4v) is 1.66. The number of carbonyl (C=O) groups is 1. The van der Waals surface area contributed by atoms with Gasteiger partial charge in [0.2, 0.25) is 0 Å². The molecule has 0 aromatic heterocycles. The summed E-state index contributed by atoms with van der Waals surface area (Å²) in [4.78, 5) is 9.50. The van der Waals surface area contributed by atoms with Crippen molar-refractivity contribution in [3.8, 4) is 0 Å². The van der Waals surface area contributed by atoms with Gasteiger partial charge >= 0.3 is 29.6 Å². The van der Waals surface area contributed by atoms with E-state index in [0.29, 0.717) is 0 Å². The number of hydrogen-bond donors (Lipinski definition) is 1.